The fourth-order valence-electron chi connectivity index (χ4n) is 2.46. The fraction of sp³-hybridized carbons (Fsp3) is 0.400. The number of aliphatic hydroxyl groups is 1. The second-order valence-electron chi connectivity index (χ2n) is 5.58. The van der Waals surface area contributed by atoms with Gasteiger partial charge in [-0.3, -0.25) is 4.79 Å². The lowest BCUT2D eigenvalue weighted by Crippen LogP contribution is -2.44. The molecule has 0 unspecified atom stereocenters. The van der Waals surface area contributed by atoms with Crippen molar-refractivity contribution in [1.82, 2.24) is 4.90 Å². The van der Waals surface area contributed by atoms with Crippen LogP contribution < -0.4 is 0 Å². The molecule has 1 aromatic heterocycles. The van der Waals surface area contributed by atoms with Gasteiger partial charge in [0.15, 0.2) is 0 Å². The zero-order chi connectivity index (χ0) is 14.3. The van der Waals surface area contributed by atoms with Crippen molar-refractivity contribution in [3.05, 3.63) is 35.0 Å². The number of amides is 1. The lowest BCUT2D eigenvalue weighted by Gasteiger charge is -2.35. The van der Waals surface area contributed by atoms with E-state index in [-0.39, 0.29) is 11.7 Å². The Labute approximate surface area is 120 Å². The van der Waals surface area contributed by atoms with Crippen molar-refractivity contribution >= 4 is 27.3 Å². The first-order chi connectivity index (χ1) is 9.44. The SMILES string of the molecule is CC1(O)CCN(C(=O)c2cc3ccc(F)cc3s2)CC1. The largest absolute Gasteiger partial charge is 0.390 e. The summed E-state index contributed by atoms with van der Waals surface area (Å²) in [7, 11) is 0. The van der Waals surface area contributed by atoms with Crippen molar-refractivity contribution in [2.75, 3.05) is 13.1 Å². The zero-order valence-corrected chi connectivity index (χ0v) is 12.0. The van der Waals surface area contributed by atoms with Crippen LogP contribution in [0.4, 0.5) is 4.39 Å². The van der Waals surface area contributed by atoms with E-state index in [2.05, 4.69) is 0 Å². The summed E-state index contributed by atoms with van der Waals surface area (Å²) in [6, 6.07) is 6.37. The smallest absolute Gasteiger partial charge is 0.263 e. The highest BCUT2D eigenvalue weighted by molar-refractivity contribution is 7.20. The summed E-state index contributed by atoms with van der Waals surface area (Å²) in [6.07, 6.45) is 1.19. The van der Waals surface area contributed by atoms with E-state index in [0.717, 1.165) is 10.1 Å². The summed E-state index contributed by atoms with van der Waals surface area (Å²) in [4.78, 5) is 14.8. The molecule has 0 bridgehead atoms. The van der Waals surface area contributed by atoms with Gasteiger partial charge in [0.25, 0.3) is 5.91 Å². The van der Waals surface area contributed by atoms with Gasteiger partial charge in [-0.1, -0.05) is 6.07 Å². The molecule has 2 aromatic rings. The molecule has 0 radical (unpaired) electrons. The van der Waals surface area contributed by atoms with E-state index in [1.54, 1.807) is 17.9 Å². The highest BCUT2D eigenvalue weighted by Crippen LogP contribution is 2.29. The third-order valence-corrected chi connectivity index (χ3v) is 4.91. The number of piperidine rings is 1. The van der Waals surface area contributed by atoms with E-state index in [1.807, 2.05) is 6.07 Å². The summed E-state index contributed by atoms with van der Waals surface area (Å²) in [5, 5.41) is 10.8. The molecule has 3 nitrogen and oxygen atoms in total. The molecular weight excluding hydrogens is 277 g/mol. The third-order valence-electron chi connectivity index (χ3n) is 3.82. The van der Waals surface area contributed by atoms with Crippen LogP contribution in [0.25, 0.3) is 10.1 Å². The summed E-state index contributed by atoms with van der Waals surface area (Å²) in [5.41, 5.74) is -0.667. The molecule has 1 N–H and O–H groups in total. The number of hydrogen-bond acceptors (Lipinski definition) is 3. The van der Waals surface area contributed by atoms with E-state index >= 15 is 0 Å². The van der Waals surface area contributed by atoms with Gasteiger partial charge in [-0.25, -0.2) is 4.39 Å². The Morgan fingerprint density at radius 3 is 2.75 bits per heavy atom. The molecule has 2 heterocycles. The number of nitrogens with zero attached hydrogens (tertiary/aromatic N) is 1. The molecule has 1 aromatic carbocycles. The summed E-state index contributed by atoms with van der Waals surface area (Å²) in [5.74, 6) is -0.311. The molecular formula is C15H16FNO2S. The van der Waals surface area contributed by atoms with Crippen LogP contribution in [0.5, 0.6) is 0 Å². The lowest BCUT2D eigenvalue weighted by atomic mass is 9.94. The Morgan fingerprint density at radius 2 is 2.05 bits per heavy atom. The maximum absolute atomic E-state index is 13.2. The topological polar surface area (TPSA) is 40.5 Å². The first-order valence-corrected chi connectivity index (χ1v) is 7.47. The van der Waals surface area contributed by atoms with Crippen molar-refractivity contribution in [3.63, 3.8) is 0 Å². The lowest BCUT2D eigenvalue weighted by molar-refractivity contribution is -0.00187. The van der Waals surface area contributed by atoms with Gasteiger partial charge in [-0.2, -0.15) is 0 Å². The summed E-state index contributed by atoms with van der Waals surface area (Å²) in [6.45, 7) is 2.93. The van der Waals surface area contributed by atoms with E-state index in [1.165, 1.54) is 23.5 Å². The molecule has 20 heavy (non-hydrogen) atoms. The minimum absolute atomic E-state index is 0.0258. The Bertz CT molecular complexity index is 655. The number of halogens is 1. The van der Waals surface area contributed by atoms with E-state index < -0.39 is 5.60 Å². The summed E-state index contributed by atoms with van der Waals surface area (Å²) < 4.78 is 14.0. The van der Waals surface area contributed by atoms with Crippen LogP contribution in [0, 0.1) is 5.82 Å². The zero-order valence-electron chi connectivity index (χ0n) is 11.2. The normalized spacial score (nSPS) is 18.4. The standard InChI is InChI=1S/C15H16FNO2S/c1-15(19)4-6-17(7-5-15)14(18)13-8-10-2-3-11(16)9-12(10)20-13/h2-3,8-9,19H,4-7H2,1H3. The van der Waals surface area contributed by atoms with Gasteiger partial charge in [-0.05, 0) is 43.4 Å². The van der Waals surface area contributed by atoms with Crippen LogP contribution >= 0.6 is 11.3 Å². The number of likely N-dealkylation sites (tertiary alicyclic amines) is 1. The highest BCUT2D eigenvalue weighted by atomic mass is 32.1. The van der Waals surface area contributed by atoms with E-state index in [4.69, 9.17) is 0 Å². The van der Waals surface area contributed by atoms with Crippen molar-refractivity contribution in [3.8, 4) is 0 Å². The van der Waals surface area contributed by atoms with Crippen molar-refractivity contribution in [1.29, 1.82) is 0 Å². The first-order valence-electron chi connectivity index (χ1n) is 6.65. The number of hydrogen-bond donors (Lipinski definition) is 1. The second-order valence-corrected chi connectivity index (χ2v) is 6.67. The number of thiophene rings is 1. The van der Waals surface area contributed by atoms with Crippen LogP contribution in [0.3, 0.4) is 0 Å². The van der Waals surface area contributed by atoms with Crippen LogP contribution in [0.1, 0.15) is 29.4 Å². The third kappa shape index (κ3) is 2.55. The number of carbonyl (C=O) groups is 1. The molecule has 1 aliphatic rings. The average molecular weight is 293 g/mol. The number of rotatable bonds is 1. The molecule has 0 saturated carbocycles. The van der Waals surface area contributed by atoms with E-state index in [0.29, 0.717) is 30.8 Å². The van der Waals surface area contributed by atoms with Gasteiger partial charge in [-0.15, -0.1) is 11.3 Å². The fourth-order valence-corrected chi connectivity index (χ4v) is 3.51. The molecule has 5 heteroatoms. The highest BCUT2D eigenvalue weighted by Gasteiger charge is 2.30. The molecule has 1 saturated heterocycles. The van der Waals surface area contributed by atoms with Crippen LogP contribution in [0.2, 0.25) is 0 Å². The van der Waals surface area contributed by atoms with E-state index in [9.17, 15) is 14.3 Å². The van der Waals surface area contributed by atoms with Crippen LogP contribution in [0.15, 0.2) is 24.3 Å². The van der Waals surface area contributed by atoms with Gasteiger partial charge in [0.05, 0.1) is 10.5 Å². The second kappa shape index (κ2) is 4.82. The monoisotopic (exact) mass is 293 g/mol. The minimum atomic E-state index is -0.667. The Kier molecular flexibility index (Phi) is 3.26. The molecule has 0 spiro atoms. The molecule has 106 valence electrons. The van der Waals surface area contributed by atoms with Crippen molar-refractivity contribution in [2.24, 2.45) is 0 Å². The van der Waals surface area contributed by atoms with Crippen LogP contribution in [-0.2, 0) is 0 Å². The average Bonchev–Trinajstić information content (AvgIpc) is 2.80. The summed E-state index contributed by atoms with van der Waals surface area (Å²) >= 11 is 1.32. The molecule has 1 amide bonds. The maximum Gasteiger partial charge on any atom is 0.263 e. The number of fused-ring (bicyclic) bond motifs is 1. The molecule has 0 atom stereocenters. The predicted molar refractivity (Wildman–Crippen MR) is 77.5 cm³/mol. The molecule has 0 aliphatic carbocycles. The predicted octanol–water partition coefficient (Wildman–Crippen LogP) is 3.03. The van der Waals surface area contributed by atoms with Crippen molar-refractivity contribution < 1.29 is 14.3 Å². The maximum atomic E-state index is 13.2. The van der Waals surface area contributed by atoms with Gasteiger partial charge < -0.3 is 10.0 Å². The number of carbonyl (C=O) groups excluding carboxylic acids is 1. The first kappa shape index (κ1) is 13.5. The Balaban J connectivity index is 1.82. The van der Waals surface area contributed by atoms with Crippen molar-refractivity contribution in [2.45, 2.75) is 25.4 Å². The Morgan fingerprint density at radius 1 is 1.35 bits per heavy atom. The van der Waals surface area contributed by atoms with Gasteiger partial charge in [0, 0.05) is 17.8 Å². The quantitative estimate of drug-likeness (QED) is 0.878. The Hall–Kier alpha value is -1.46. The molecule has 1 aliphatic heterocycles. The van der Waals surface area contributed by atoms with Gasteiger partial charge in [0.2, 0.25) is 0 Å². The van der Waals surface area contributed by atoms with Crippen LogP contribution in [-0.4, -0.2) is 34.6 Å². The number of benzene rings is 1. The van der Waals surface area contributed by atoms with Gasteiger partial charge >= 0.3 is 0 Å². The van der Waals surface area contributed by atoms with Gasteiger partial charge in [0.1, 0.15) is 5.82 Å². The minimum Gasteiger partial charge on any atom is -0.390 e. The molecule has 1 fully saturated rings. The molecule has 3 rings (SSSR count).